The number of hydrogen-bond donors (Lipinski definition) is 0. The van der Waals surface area contributed by atoms with Gasteiger partial charge in [-0.15, -0.1) is 0 Å². The van der Waals surface area contributed by atoms with Gasteiger partial charge in [-0.3, -0.25) is 4.79 Å². The number of rotatable bonds is 1. The molecule has 0 fully saturated rings. The van der Waals surface area contributed by atoms with Crippen molar-refractivity contribution in [1.82, 2.24) is 4.90 Å². The molecule has 1 amide bonds. The quantitative estimate of drug-likeness (QED) is 0.482. The Bertz CT molecular complexity index is 333. The van der Waals surface area contributed by atoms with Gasteiger partial charge < -0.3 is 4.90 Å². The summed E-state index contributed by atoms with van der Waals surface area (Å²) in [6.45, 7) is 5.76. The summed E-state index contributed by atoms with van der Waals surface area (Å²) in [5.41, 5.74) is 1.48. The minimum atomic E-state index is 0.0354. The van der Waals surface area contributed by atoms with Gasteiger partial charge in [-0.05, 0) is 19.9 Å². The second-order valence-electron chi connectivity index (χ2n) is 2.99. The summed E-state index contributed by atoms with van der Waals surface area (Å²) in [5.74, 6) is 0.0354. The van der Waals surface area contributed by atoms with Crippen molar-refractivity contribution in [3.05, 3.63) is 11.3 Å². The lowest BCUT2D eigenvalue weighted by Crippen LogP contribution is -2.21. The maximum absolute atomic E-state index is 11.4. The molecule has 76 valence electrons. The van der Waals surface area contributed by atoms with E-state index in [1.54, 1.807) is 18.9 Å². The first-order chi connectivity index (χ1) is 6.60. The van der Waals surface area contributed by atoms with E-state index < -0.39 is 0 Å². The summed E-state index contributed by atoms with van der Waals surface area (Å²) >= 11 is 1.42. The van der Waals surface area contributed by atoms with Crippen LogP contribution < -0.4 is 0 Å². The van der Waals surface area contributed by atoms with E-state index in [4.69, 9.17) is 0 Å². The van der Waals surface area contributed by atoms with E-state index in [-0.39, 0.29) is 5.91 Å². The molecule has 0 saturated heterocycles. The van der Waals surface area contributed by atoms with Crippen LogP contribution in [-0.4, -0.2) is 42.5 Å². The third-order valence-electron chi connectivity index (χ3n) is 2.04. The average molecular weight is 211 g/mol. The molecule has 0 N–H and O–H groups in total. The number of amides is 1. The molecule has 0 aromatic rings. The molecule has 0 bridgehead atoms. The molecule has 0 saturated carbocycles. The Labute approximate surface area is 87.8 Å². The Morgan fingerprint density at radius 1 is 1.64 bits per heavy atom. The van der Waals surface area contributed by atoms with Gasteiger partial charge in [-0.2, -0.15) is 0 Å². The summed E-state index contributed by atoms with van der Waals surface area (Å²) in [6.07, 6.45) is 1.88. The number of carbonyl (C=O) groups excluding carboxylic acids is 1. The Hall–Kier alpha value is -1.10. The van der Waals surface area contributed by atoms with Crippen molar-refractivity contribution in [3.8, 4) is 0 Å². The molecule has 1 heterocycles. The third-order valence-corrected chi connectivity index (χ3v) is 2.62. The number of amidine groups is 1. The number of nitrogens with zero attached hydrogens (tertiary/aromatic N) is 3. The third kappa shape index (κ3) is 2.04. The lowest BCUT2D eigenvalue weighted by Gasteiger charge is -2.06. The fourth-order valence-electron chi connectivity index (χ4n) is 1.20. The predicted octanol–water partition coefficient (Wildman–Crippen LogP) is 1.15. The summed E-state index contributed by atoms with van der Waals surface area (Å²) in [4.78, 5) is 21.1. The van der Waals surface area contributed by atoms with Crippen LogP contribution in [0.5, 0.6) is 0 Å². The Morgan fingerprint density at radius 2 is 2.29 bits per heavy atom. The molecule has 0 aliphatic carbocycles. The molecule has 14 heavy (non-hydrogen) atoms. The SMILES string of the molecule is C=NC(=NC1=C(C)C(=O)N(C)C1)SC. The van der Waals surface area contributed by atoms with E-state index in [1.165, 1.54) is 11.8 Å². The van der Waals surface area contributed by atoms with E-state index in [2.05, 4.69) is 16.7 Å². The van der Waals surface area contributed by atoms with Gasteiger partial charge in [0.05, 0.1) is 12.2 Å². The Balaban J connectivity index is 2.95. The van der Waals surface area contributed by atoms with E-state index in [1.807, 2.05) is 6.26 Å². The fourth-order valence-corrected chi connectivity index (χ4v) is 1.54. The fraction of sp³-hybridized carbons (Fsp3) is 0.444. The van der Waals surface area contributed by atoms with Crippen molar-refractivity contribution in [2.75, 3.05) is 19.8 Å². The van der Waals surface area contributed by atoms with Crippen LogP contribution in [0.15, 0.2) is 21.3 Å². The molecule has 0 unspecified atom stereocenters. The monoisotopic (exact) mass is 211 g/mol. The Kier molecular flexibility index (Phi) is 3.46. The highest BCUT2D eigenvalue weighted by atomic mass is 32.2. The van der Waals surface area contributed by atoms with Crippen LogP contribution in [0.4, 0.5) is 0 Å². The predicted molar refractivity (Wildman–Crippen MR) is 60.8 cm³/mol. The Morgan fingerprint density at radius 3 is 2.64 bits per heavy atom. The normalized spacial score (nSPS) is 18.1. The average Bonchev–Trinajstić information content (AvgIpc) is 2.42. The van der Waals surface area contributed by atoms with E-state index in [9.17, 15) is 4.79 Å². The van der Waals surface area contributed by atoms with Gasteiger partial charge in [0.15, 0.2) is 5.17 Å². The zero-order valence-corrected chi connectivity index (χ0v) is 9.39. The van der Waals surface area contributed by atoms with E-state index in [0.717, 1.165) is 5.70 Å². The van der Waals surface area contributed by atoms with Crippen molar-refractivity contribution in [3.63, 3.8) is 0 Å². The molecular weight excluding hydrogens is 198 g/mol. The highest BCUT2D eigenvalue weighted by Crippen LogP contribution is 2.19. The van der Waals surface area contributed by atoms with Gasteiger partial charge >= 0.3 is 0 Å². The van der Waals surface area contributed by atoms with Crippen LogP contribution in [0.3, 0.4) is 0 Å². The lowest BCUT2D eigenvalue weighted by molar-refractivity contribution is -0.124. The van der Waals surface area contributed by atoms with Crippen LogP contribution in [0.2, 0.25) is 0 Å². The molecule has 0 spiro atoms. The van der Waals surface area contributed by atoms with Crippen molar-refractivity contribution in [2.45, 2.75) is 6.92 Å². The lowest BCUT2D eigenvalue weighted by atomic mass is 10.3. The summed E-state index contributed by atoms with van der Waals surface area (Å²) < 4.78 is 0. The summed E-state index contributed by atoms with van der Waals surface area (Å²) in [6, 6.07) is 0. The van der Waals surface area contributed by atoms with Crippen LogP contribution >= 0.6 is 11.8 Å². The molecule has 0 radical (unpaired) electrons. The van der Waals surface area contributed by atoms with Crippen LogP contribution in [0, 0.1) is 0 Å². The molecule has 0 aromatic carbocycles. The molecule has 0 atom stereocenters. The van der Waals surface area contributed by atoms with Gasteiger partial charge in [0.2, 0.25) is 0 Å². The first kappa shape index (κ1) is 11.0. The van der Waals surface area contributed by atoms with Crippen molar-refractivity contribution in [2.24, 2.45) is 9.98 Å². The second-order valence-corrected chi connectivity index (χ2v) is 3.76. The van der Waals surface area contributed by atoms with Crippen LogP contribution in [-0.2, 0) is 4.79 Å². The van der Waals surface area contributed by atoms with Crippen LogP contribution in [0.25, 0.3) is 0 Å². The van der Waals surface area contributed by atoms with Gasteiger partial charge in [0, 0.05) is 12.6 Å². The van der Waals surface area contributed by atoms with Crippen LogP contribution in [0.1, 0.15) is 6.92 Å². The largest absolute Gasteiger partial charge is 0.336 e. The minimum absolute atomic E-state index is 0.0354. The van der Waals surface area contributed by atoms with Crippen molar-refractivity contribution < 1.29 is 4.79 Å². The first-order valence-electron chi connectivity index (χ1n) is 4.14. The molecule has 4 nitrogen and oxygen atoms in total. The molecular formula is C9H13N3OS. The van der Waals surface area contributed by atoms with E-state index in [0.29, 0.717) is 17.3 Å². The van der Waals surface area contributed by atoms with Crippen molar-refractivity contribution in [1.29, 1.82) is 0 Å². The topological polar surface area (TPSA) is 45.0 Å². The maximum Gasteiger partial charge on any atom is 0.251 e. The molecule has 1 aliphatic rings. The molecule has 5 heteroatoms. The number of thioether (sulfide) groups is 1. The number of likely N-dealkylation sites (N-methyl/N-ethyl adjacent to an activating group) is 1. The minimum Gasteiger partial charge on any atom is -0.336 e. The second kappa shape index (κ2) is 4.41. The first-order valence-corrected chi connectivity index (χ1v) is 5.37. The number of hydrogen-bond acceptors (Lipinski definition) is 3. The molecule has 1 rings (SSSR count). The number of carbonyl (C=O) groups is 1. The highest BCUT2D eigenvalue weighted by molar-refractivity contribution is 8.13. The van der Waals surface area contributed by atoms with E-state index >= 15 is 0 Å². The highest BCUT2D eigenvalue weighted by Gasteiger charge is 2.24. The summed E-state index contributed by atoms with van der Waals surface area (Å²) in [7, 11) is 1.76. The summed E-state index contributed by atoms with van der Waals surface area (Å²) in [5, 5.41) is 0.599. The molecule has 0 aromatic heterocycles. The van der Waals surface area contributed by atoms with Gasteiger partial charge in [-0.1, -0.05) is 11.8 Å². The maximum atomic E-state index is 11.4. The van der Waals surface area contributed by atoms with Crippen molar-refractivity contribution >= 4 is 29.6 Å². The van der Waals surface area contributed by atoms with Gasteiger partial charge in [0.1, 0.15) is 0 Å². The molecule has 1 aliphatic heterocycles. The smallest absolute Gasteiger partial charge is 0.251 e. The zero-order valence-electron chi connectivity index (χ0n) is 8.57. The zero-order chi connectivity index (χ0) is 10.7. The number of aliphatic imine (C=N–C) groups is 2. The standard InChI is InChI=1S/C9H13N3OS/c1-6-7(5-12(3)8(6)13)11-9(10-2)14-4/h2,5H2,1,3-4H3. The van der Waals surface area contributed by atoms with Gasteiger partial charge in [0.25, 0.3) is 5.91 Å². The van der Waals surface area contributed by atoms with Gasteiger partial charge in [-0.25, -0.2) is 9.98 Å².